The summed E-state index contributed by atoms with van der Waals surface area (Å²) in [6.07, 6.45) is 1.80. The number of anilines is 1. The molecule has 0 fully saturated rings. The summed E-state index contributed by atoms with van der Waals surface area (Å²) < 4.78 is 0. The molecule has 0 spiro atoms. The number of aromatic nitrogens is 3. The number of fused-ring (bicyclic) bond motifs is 1. The third-order valence-corrected chi connectivity index (χ3v) is 4.09. The van der Waals surface area contributed by atoms with Crippen molar-refractivity contribution in [3.05, 3.63) is 34.9 Å². The summed E-state index contributed by atoms with van der Waals surface area (Å²) in [5.74, 6) is 0. The van der Waals surface area contributed by atoms with E-state index in [9.17, 15) is 0 Å². The lowest BCUT2D eigenvalue weighted by atomic mass is 10.4. The smallest absolute Gasteiger partial charge is 0.188 e. The van der Waals surface area contributed by atoms with Crippen molar-refractivity contribution in [3.8, 4) is 0 Å². The first-order chi connectivity index (χ1) is 8.33. The fourth-order valence-corrected chi connectivity index (χ4v) is 2.97. The van der Waals surface area contributed by atoms with Gasteiger partial charge >= 0.3 is 0 Å². The maximum atomic E-state index is 4.55. The molecule has 0 aliphatic carbocycles. The molecule has 3 aromatic heterocycles. The van der Waals surface area contributed by atoms with Gasteiger partial charge in [-0.05, 0) is 12.1 Å². The van der Waals surface area contributed by atoms with E-state index in [2.05, 4.69) is 25.2 Å². The molecule has 4 nitrogen and oxygen atoms in total. The average Bonchev–Trinajstić information content (AvgIpc) is 2.96. The predicted octanol–water partition coefficient (Wildman–Crippen LogP) is 2.78. The van der Waals surface area contributed by atoms with E-state index in [-0.39, 0.29) is 0 Å². The van der Waals surface area contributed by atoms with Gasteiger partial charge in [0.05, 0.1) is 17.7 Å². The Morgan fingerprint density at radius 3 is 3.06 bits per heavy atom. The van der Waals surface area contributed by atoms with Gasteiger partial charge in [0, 0.05) is 18.6 Å². The van der Waals surface area contributed by atoms with Crippen LogP contribution in [0.2, 0.25) is 0 Å². The van der Waals surface area contributed by atoms with Gasteiger partial charge in [-0.15, -0.1) is 11.3 Å². The van der Waals surface area contributed by atoms with Gasteiger partial charge in [-0.1, -0.05) is 11.3 Å². The van der Waals surface area contributed by atoms with Crippen LogP contribution >= 0.6 is 22.7 Å². The summed E-state index contributed by atoms with van der Waals surface area (Å²) in [6.45, 7) is 0.781. The molecule has 86 valence electrons. The zero-order chi connectivity index (χ0) is 11.7. The highest BCUT2D eigenvalue weighted by Gasteiger charge is 2.09. The van der Waals surface area contributed by atoms with Crippen molar-refractivity contribution in [3.63, 3.8) is 0 Å². The molecule has 0 amide bonds. The first-order valence-electron chi connectivity index (χ1n) is 5.13. The molecule has 0 N–H and O–H groups in total. The molecular formula is C11H10N4S2. The highest BCUT2D eigenvalue weighted by atomic mass is 32.1. The Balaban J connectivity index is 1.88. The molecule has 0 radical (unpaired) electrons. The van der Waals surface area contributed by atoms with Crippen LogP contribution in [0.4, 0.5) is 5.13 Å². The molecule has 0 atom stereocenters. The normalized spacial score (nSPS) is 10.9. The van der Waals surface area contributed by atoms with Gasteiger partial charge in [-0.2, -0.15) is 0 Å². The Morgan fingerprint density at radius 1 is 1.35 bits per heavy atom. The van der Waals surface area contributed by atoms with Crippen LogP contribution in [0.15, 0.2) is 29.2 Å². The van der Waals surface area contributed by atoms with E-state index in [0.717, 1.165) is 27.7 Å². The van der Waals surface area contributed by atoms with Crippen molar-refractivity contribution >= 4 is 38.2 Å². The summed E-state index contributed by atoms with van der Waals surface area (Å²) in [5, 5.41) is 3.04. The molecule has 17 heavy (non-hydrogen) atoms. The van der Waals surface area contributed by atoms with Crippen LogP contribution in [0.25, 0.3) is 10.3 Å². The van der Waals surface area contributed by atoms with E-state index in [4.69, 9.17) is 0 Å². The van der Waals surface area contributed by atoms with Crippen molar-refractivity contribution < 1.29 is 0 Å². The predicted molar refractivity (Wildman–Crippen MR) is 71.6 cm³/mol. The number of nitrogens with zero attached hydrogens (tertiary/aromatic N) is 4. The minimum Gasteiger partial charge on any atom is -0.345 e. The zero-order valence-corrected chi connectivity index (χ0v) is 10.8. The van der Waals surface area contributed by atoms with Crippen LogP contribution in [-0.4, -0.2) is 22.0 Å². The standard InChI is InChI=1S/C11H10N4S2/c1-15(5-8-6-16-7-13-8)11-14-9-3-2-4-12-10(9)17-11/h2-4,6-7H,5H2,1H3. The lowest BCUT2D eigenvalue weighted by Crippen LogP contribution is -2.16. The molecule has 0 aromatic carbocycles. The largest absolute Gasteiger partial charge is 0.345 e. The van der Waals surface area contributed by atoms with Gasteiger partial charge in [0.25, 0.3) is 0 Å². The highest BCUT2D eigenvalue weighted by Crippen LogP contribution is 2.26. The molecular weight excluding hydrogens is 252 g/mol. The molecule has 0 saturated carbocycles. The van der Waals surface area contributed by atoms with Crippen LogP contribution in [0.5, 0.6) is 0 Å². The number of hydrogen-bond donors (Lipinski definition) is 0. The second-order valence-electron chi connectivity index (χ2n) is 3.66. The first kappa shape index (κ1) is 10.6. The molecule has 0 unspecified atom stereocenters. The lowest BCUT2D eigenvalue weighted by molar-refractivity contribution is 0.890. The molecule has 0 aliphatic rings. The summed E-state index contributed by atoms with van der Waals surface area (Å²) in [6, 6.07) is 3.89. The summed E-state index contributed by atoms with van der Waals surface area (Å²) in [4.78, 5) is 16.2. The Kier molecular flexibility index (Phi) is 2.74. The summed E-state index contributed by atoms with van der Waals surface area (Å²) in [7, 11) is 2.02. The highest BCUT2D eigenvalue weighted by molar-refractivity contribution is 7.21. The minimum absolute atomic E-state index is 0.781. The molecule has 0 saturated heterocycles. The third kappa shape index (κ3) is 2.13. The summed E-state index contributed by atoms with van der Waals surface area (Å²) >= 11 is 3.22. The molecule has 3 aromatic rings. The van der Waals surface area contributed by atoms with Gasteiger partial charge in [0.15, 0.2) is 5.13 Å². The second-order valence-corrected chi connectivity index (χ2v) is 5.33. The Bertz CT molecular complexity index is 584. The molecule has 0 bridgehead atoms. The Morgan fingerprint density at radius 2 is 2.29 bits per heavy atom. The molecule has 0 aliphatic heterocycles. The van der Waals surface area contributed by atoms with Crippen LogP contribution in [0, 0.1) is 0 Å². The van der Waals surface area contributed by atoms with Gasteiger partial charge in [0.2, 0.25) is 0 Å². The van der Waals surface area contributed by atoms with Crippen molar-refractivity contribution in [2.45, 2.75) is 6.54 Å². The minimum atomic E-state index is 0.781. The number of thiazole rings is 2. The lowest BCUT2D eigenvalue weighted by Gasteiger charge is -2.13. The summed E-state index contributed by atoms with van der Waals surface area (Å²) in [5.41, 5.74) is 3.88. The number of hydrogen-bond acceptors (Lipinski definition) is 6. The van der Waals surface area contributed by atoms with E-state index >= 15 is 0 Å². The molecule has 3 heterocycles. The number of rotatable bonds is 3. The monoisotopic (exact) mass is 262 g/mol. The average molecular weight is 262 g/mol. The third-order valence-electron chi connectivity index (χ3n) is 2.36. The van der Waals surface area contributed by atoms with Gasteiger partial charge < -0.3 is 4.90 Å². The fourth-order valence-electron chi connectivity index (χ4n) is 1.55. The van der Waals surface area contributed by atoms with Crippen molar-refractivity contribution in [2.75, 3.05) is 11.9 Å². The van der Waals surface area contributed by atoms with Crippen molar-refractivity contribution in [2.24, 2.45) is 0 Å². The van der Waals surface area contributed by atoms with Gasteiger partial charge in [0.1, 0.15) is 10.3 Å². The molecule has 6 heteroatoms. The van der Waals surface area contributed by atoms with Gasteiger partial charge in [-0.25, -0.2) is 15.0 Å². The maximum Gasteiger partial charge on any atom is 0.188 e. The maximum absolute atomic E-state index is 4.55. The van der Waals surface area contributed by atoms with Crippen molar-refractivity contribution in [1.29, 1.82) is 0 Å². The van der Waals surface area contributed by atoms with E-state index < -0.39 is 0 Å². The zero-order valence-electron chi connectivity index (χ0n) is 9.20. The number of pyridine rings is 1. The van der Waals surface area contributed by atoms with E-state index in [1.54, 1.807) is 28.9 Å². The SMILES string of the molecule is CN(Cc1cscn1)c1nc2cccnc2s1. The fraction of sp³-hybridized carbons (Fsp3) is 0.182. The van der Waals surface area contributed by atoms with E-state index in [1.807, 2.05) is 24.7 Å². The van der Waals surface area contributed by atoms with Crippen LogP contribution in [0.1, 0.15) is 5.69 Å². The quantitative estimate of drug-likeness (QED) is 0.728. The van der Waals surface area contributed by atoms with Crippen molar-refractivity contribution in [1.82, 2.24) is 15.0 Å². The Hall–Kier alpha value is -1.53. The first-order valence-corrected chi connectivity index (χ1v) is 6.88. The topological polar surface area (TPSA) is 41.9 Å². The second kappa shape index (κ2) is 4.38. The van der Waals surface area contributed by atoms with Crippen LogP contribution < -0.4 is 4.90 Å². The Labute approximate surface area is 107 Å². The van der Waals surface area contributed by atoms with E-state index in [1.165, 1.54) is 0 Å². The molecule has 3 rings (SSSR count). The van der Waals surface area contributed by atoms with Crippen LogP contribution in [0.3, 0.4) is 0 Å². The van der Waals surface area contributed by atoms with Gasteiger partial charge in [-0.3, -0.25) is 0 Å². The van der Waals surface area contributed by atoms with Crippen LogP contribution in [-0.2, 0) is 6.54 Å². The van der Waals surface area contributed by atoms with E-state index in [0.29, 0.717) is 0 Å².